The monoisotopic (exact) mass is 301 g/mol. The Kier molecular flexibility index (Phi) is 4.84. The van der Waals surface area contributed by atoms with Gasteiger partial charge in [0.2, 0.25) is 0 Å². The van der Waals surface area contributed by atoms with Crippen molar-refractivity contribution < 1.29 is 4.74 Å². The molecule has 0 saturated heterocycles. The minimum atomic E-state index is 0.439. The quantitative estimate of drug-likeness (QED) is 0.791. The van der Waals surface area contributed by atoms with E-state index in [2.05, 4.69) is 45.9 Å². The number of ether oxygens (including phenoxy) is 1. The maximum atomic E-state index is 5.90. The molecular formula is C18H23NOS. The molecule has 2 N–H and O–H groups in total. The summed E-state index contributed by atoms with van der Waals surface area (Å²) in [6.07, 6.45) is 0. The molecule has 0 saturated carbocycles. The number of rotatable bonds is 4. The van der Waals surface area contributed by atoms with E-state index in [1.54, 1.807) is 18.9 Å². The van der Waals surface area contributed by atoms with Crippen molar-refractivity contribution >= 4 is 17.4 Å². The molecule has 0 aliphatic carbocycles. The molecule has 112 valence electrons. The van der Waals surface area contributed by atoms with Gasteiger partial charge >= 0.3 is 0 Å². The Morgan fingerprint density at radius 3 is 2.19 bits per heavy atom. The van der Waals surface area contributed by atoms with Gasteiger partial charge in [-0.15, -0.1) is 0 Å². The van der Waals surface area contributed by atoms with E-state index in [1.807, 2.05) is 12.1 Å². The zero-order chi connectivity index (χ0) is 15.6. The lowest BCUT2D eigenvalue weighted by atomic mass is 10.0. The first-order chi connectivity index (χ1) is 9.92. The number of hydrogen-bond acceptors (Lipinski definition) is 3. The minimum absolute atomic E-state index is 0.439. The highest BCUT2D eigenvalue weighted by Crippen LogP contribution is 2.37. The van der Waals surface area contributed by atoms with E-state index >= 15 is 0 Å². The van der Waals surface area contributed by atoms with Gasteiger partial charge in [0, 0.05) is 15.5 Å². The van der Waals surface area contributed by atoms with Crippen molar-refractivity contribution in [3.63, 3.8) is 0 Å². The predicted octanol–water partition coefficient (Wildman–Crippen LogP) is 5.17. The molecule has 2 nitrogen and oxygen atoms in total. The highest BCUT2D eigenvalue weighted by molar-refractivity contribution is 7.99. The number of benzene rings is 2. The number of hydrogen-bond donors (Lipinski definition) is 1. The Balaban J connectivity index is 2.39. The molecule has 0 radical (unpaired) electrons. The van der Waals surface area contributed by atoms with Crippen molar-refractivity contribution in [1.29, 1.82) is 0 Å². The lowest BCUT2D eigenvalue weighted by Gasteiger charge is -2.15. The second kappa shape index (κ2) is 6.44. The van der Waals surface area contributed by atoms with Crippen molar-refractivity contribution in [2.24, 2.45) is 0 Å². The highest BCUT2D eigenvalue weighted by atomic mass is 32.2. The van der Waals surface area contributed by atoms with Gasteiger partial charge in [-0.3, -0.25) is 0 Å². The smallest absolute Gasteiger partial charge is 0.122 e. The average Bonchev–Trinajstić information content (AvgIpc) is 2.42. The fraction of sp³-hybridized carbons (Fsp3) is 0.333. The van der Waals surface area contributed by atoms with Crippen LogP contribution in [0.1, 0.15) is 36.5 Å². The first kappa shape index (κ1) is 15.8. The maximum absolute atomic E-state index is 5.90. The third-order valence-corrected chi connectivity index (χ3v) is 4.86. The molecule has 0 aromatic heterocycles. The van der Waals surface area contributed by atoms with Gasteiger partial charge in [-0.2, -0.15) is 0 Å². The molecule has 0 atom stereocenters. The normalized spacial score (nSPS) is 11.0. The van der Waals surface area contributed by atoms with Crippen LogP contribution in [-0.2, 0) is 0 Å². The van der Waals surface area contributed by atoms with Crippen LogP contribution in [0.2, 0.25) is 0 Å². The lowest BCUT2D eigenvalue weighted by Crippen LogP contribution is -1.95. The fourth-order valence-corrected chi connectivity index (χ4v) is 3.49. The molecule has 0 aliphatic rings. The summed E-state index contributed by atoms with van der Waals surface area (Å²) in [6.45, 7) is 8.59. The number of nitrogens with two attached hydrogens (primary N) is 1. The third-order valence-electron chi connectivity index (χ3n) is 3.53. The van der Waals surface area contributed by atoms with Gasteiger partial charge in [-0.25, -0.2) is 0 Å². The molecule has 2 aromatic rings. The van der Waals surface area contributed by atoms with Crippen LogP contribution in [0.15, 0.2) is 40.1 Å². The molecule has 0 heterocycles. The van der Waals surface area contributed by atoms with Crippen molar-refractivity contribution in [1.82, 2.24) is 0 Å². The van der Waals surface area contributed by atoms with Gasteiger partial charge < -0.3 is 10.5 Å². The van der Waals surface area contributed by atoms with Gasteiger partial charge in [0.15, 0.2) is 0 Å². The summed E-state index contributed by atoms with van der Waals surface area (Å²) in [6, 6.07) is 10.5. The molecule has 0 fully saturated rings. The number of anilines is 1. The topological polar surface area (TPSA) is 35.2 Å². The summed E-state index contributed by atoms with van der Waals surface area (Å²) >= 11 is 1.79. The SMILES string of the molecule is COc1ccc(Sc2c(C)cc(N)cc2C)cc1C(C)C. The second-order valence-electron chi connectivity index (χ2n) is 5.64. The van der Waals surface area contributed by atoms with E-state index < -0.39 is 0 Å². The van der Waals surface area contributed by atoms with Crippen LogP contribution >= 0.6 is 11.8 Å². The van der Waals surface area contributed by atoms with Crippen molar-refractivity contribution in [2.45, 2.75) is 43.4 Å². The van der Waals surface area contributed by atoms with E-state index in [4.69, 9.17) is 10.5 Å². The van der Waals surface area contributed by atoms with Crippen LogP contribution in [0.5, 0.6) is 5.75 Å². The molecule has 0 spiro atoms. The van der Waals surface area contributed by atoms with E-state index in [-0.39, 0.29) is 0 Å². The zero-order valence-corrected chi connectivity index (χ0v) is 14.2. The molecule has 0 bridgehead atoms. The molecule has 21 heavy (non-hydrogen) atoms. The number of methoxy groups -OCH3 is 1. The Labute approximate surface area is 131 Å². The molecule has 0 amide bonds. The first-order valence-electron chi connectivity index (χ1n) is 7.15. The van der Waals surface area contributed by atoms with E-state index in [0.717, 1.165) is 11.4 Å². The lowest BCUT2D eigenvalue weighted by molar-refractivity contribution is 0.407. The molecule has 0 aliphatic heterocycles. The van der Waals surface area contributed by atoms with Gasteiger partial charge in [-0.05, 0) is 66.8 Å². The molecule has 2 rings (SSSR count). The molecule has 0 unspecified atom stereocenters. The van der Waals surface area contributed by atoms with E-state index in [9.17, 15) is 0 Å². The van der Waals surface area contributed by atoms with Crippen molar-refractivity contribution in [3.8, 4) is 5.75 Å². The Morgan fingerprint density at radius 1 is 1.05 bits per heavy atom. The van der Waals surface area contributed by atoms with Crippen LogP contribution in [0, 0.1) is 13.8 Å². The van der Waals surface area contributed by atoms with Gasteiger partial charge in [0.25, 0.3) is 0 Å². The first-order valence-corrected chi connectivity index (χ1v) is 7.96. The van der Waals surface area contributed by atoms with Crippen LogP contribution in [-0.4, -0.2) is 7.11 Å². The van der Waals surface area contributed by atoms with Gasteiger partial charge in [0.1, 0.15) is 5.75 Å². The van der Waals surface area contributed by atoms with Crippen molar-refractivity contribution in [2.75, 3.05) is 12.8 Å². The Morgan fingerprint density at radius 2 is 1.67 bits per heavy atom. The third kappa shape index (κ3) is 3.53. The summed E-state index contributed by atoms with van der Waals surface area (Å²) in [5.41, 5.74) is 10.4. The summed E-state index contributed by atoms with van der Waals surface area (Å²) < 4.78 is 5.45. The summed E-state index contributed by atoms with van der Waals surface area (Å²) in [5, 5.41) is 0. The minimum Gasteiger partial charge on any atom is -0.496 e. The van der Waals surface area contributed by atoms with Crippen LogP contribution in [0.4, 0.5) is 5.69 Å². The van der Waals surface area contributed by atoms with Crippen LogP contribution < -0.4 is 10.5 Å². The fourth-order valence-electron chi connectivity index (χ4n) is 2.49. The van der Waals surface area contributed by atoms with E-state index in [1.165, 1.54) is 26.5 Å². The molecular weight excluding hydrogens is 278 g/mol. The summed E-state index contributed by atoms with van der Waals surface area (Å²) in [5.74, 6) is 1.40. The summed E-state index contributed by atoms with van der Waals surface area (Å²) in [7, 11) is 1.72. The predicted molar refractivity (Wildman–Crippen MR) is 91.5 cm³/mol. The van der Waals surface area contributed by atoms with Crippen LogP contribution in [0.25, 0.3) is 0 Å². The van der Waals surface area contributed by atoms with Gasteiger partial charge in [0.05, 0.1) is 7.11 Å². The maximum Gasteiger partial charge on any atom is 0.122 e. The molecule has 2 aromatic carbocycles. The second-order valence-corrected chi connectivity index (χ2v) is 6.73. The zero-order valence-electron chi connectivity index (χ0n) is 13.4. The Bertz CT molecular complexity index is 627. The van der Waals surface area contributed by atoms with Crippen molar-refractivity contribution in [3.05, 3.63) is 47.0 Å². The van der Waals surface area contributed by atoms with Gasteiger partial charge in [-0.1, -0.05) is 25.6 Å². The average molecular weight is 301 g/mol. The Hall–Kier alpha value is -1.61. The van der Waals surface area contributed by atoms with E-state index in [0.29, 0.717) is 5.92 Å². The standard InChI is InChI=1S/C18H23NOS/c1-11(2)16-10-15(6-7-17(16)20-5)21-18-12(3)8-14(19)9-13(18)4/h6-11H,19H2,1-5H3. The highest BCUT2D eigenvalue weighted by Gasteiger charge is 2.11. The summed E-state index contributed by atoms with van der Waals surface area (Å²) in [4.78, 5) is 2.51. The molecule has 3 heteroatoms. The van der Waals surface area contributed by atoms with Crippen LogP contribution in [0.3, 0.4) is 0 Å². The number of nitrogen functional groups attached to an aromatic ring is 1. The largest absolute Gasteiger partial charge is 0.496 e. The number of aryl methyl sites for hydroxylation is 2.